The number of aliphatic hydroxyl groups is 1. The van der Waals surface area contributed by atoms with Crippen molar-refractivity contribution in [2.75, 3.05) is 11.9 Å². The molecule has 0 bridgehead atoms. The molecule has 3 rings (SSSR count). The first-order valence-corrected chi connectivity index (χ1v) is 6.07. The van der Waals surface area contributed by atoms with Gasteiger partial charge < -0.3 is 10.4 Å². The third-order valence-corrected chi connectivity index (χ3v) is 3.33. The maximum atomic E-state index is 10.0. The first-order valence-electron chi connectivity index (χ1n) is 6.07. The summed E-state index contributed by atoms with van der Waals surface area (Å²) in [6.07, 6.45) is 2.77. The molecule has 0 unspecified atom stereocenters. The van der Waals surface area contributed by atoms with Crippen LogP contribution in [0.25, 0.3) is 5.69 Å². The summed E-state index contributed by atoms with van der Waals surface area (Å²) in [4.78, 5) is 0. The predicted molar refractivity (Wildman–Crippen MR) is 66.4 cm³/mol. The largest absolute Gasteiger partial charge is 0.388 e. The Hall–Kier alpha value is -1.95. The standard InChI is InChI=1S/C12H15N5O/c18-12(7-4-8-12)9-13-11-14-15-16-17(11)10-5-2-1-3-6-10/h1-3,5-6,18H,4,7-9H2,(H,13,14,16). The fourth-order valence-electron chi connectivity index (χ4n) is 2.05. The minimum absolute atomic E-state index is 0.486. The van der Waals surface area contributed by atoms with E-state index in [1.807, 2.05) is 30.3 Å². The number of tetrazole rings is 1. The highest BCUT2D eigenvalue weighted by Crippen LogP contribution is 2.31. The summed E-state index contributed by atoms with van der Waals surface area (Å²) in [6, 6.07) is 9.66. The second kappa shape index (κ2) is 4.38. The van der Waals surface area contributed by atoms with Gasteiger partial charge in [-0.3, -0.25) is 0 Å². The van der Waals surface area contributed by atoms with E-state index in [1.54, 1.807) is 4.68 Å². The maximum Gasteiger partial charge on any atom is 0.247 e. The maximum absolute atomic E-state index is 10.0. The molecule has 0 amide bonds. The molecule has 1 aromatic heterocycles. The van der Waals surface area contributed by atoms with Gasteiger partial charge in [0.15, 0.2) is 0 Å². The van der Waals surface area contributed by atoms with Crippen LogP contribution in [-0.4, -0.2) is 37.5 Å². The van der Waals surface area contributed by atoms with Crippen LogP contribution >= 0.6 is 0 Å². The van der Waals surface area contributed by atoms with Crippen molar-refractivity contribution in [1.82, 2.24) is 20.2 Å². The number of nitrogens with zero attached hydrogens (tertiary/aromatic N) is 4. The number of para-hydroxylation sites is 1. The molecule has 0 radical (unpaired) electrons. The van der Waals surface area contributed by atoms with E-state index in [9.17, 15) is 5.11 Å². The van der Waals surface area contributed by atoms with E-state index in [0.717, 1.165) is 24.9 Å². The molecular weight excluding hydrogens is 230 g/mol. The van der Waals surface area contributed by atoms with Gasteiger partial charge >= 0.3 is 0 Å². The van der Waals surface area contributed by atoms with Gasteiger partial charge in [0.1, 0.15) is 0 Å². The van der Waals surface area contributed by atoms with Crippen LogP contribution < -0.4 is 5.32 Å². The van der Waals surface area contributed by atoms with E-state index in [4.69, 9.17) is 0 Å². The van der Waals surface area contributed by atoms with Gasteiger partial charge in [-0.25, -0.2) is 0 Å². The minimum Gasteiger partial charge on any atom is -0.388 e. The van der Waals surface area contributed by atoms with Crippen molar-refractivity contribution in [3.05, 3.63) is 30.3 Å². The highest BCUT2D eigenvalue weighted by atomic mass is 16.3. The molecule has 1 aromatic carbocycles. The lowest BCUT2D eigenvalue weighted by Gasteiger charge is -2.36. The van der Waals surface area contributed by atoms with Crippen LogP contribution in [0, 0.1) is 0 Å². The molecular formula is C12H15N5O. The Labute approximate surface area is 105 Å². The lowest BCUT2D eigenvalue weighted by Crippen LogP contribution is -2.43. The van der Waals surface area contributed by atoms with Gasteiger partial charge in [0.2, 0.25) is 5.95 Å². The van der Waals surface area contributed by atoms with E-state index >= 15 is 0 Å². The number of anilines is 1. The molecule has 2 aromatic rings. The van der Waals surface area contributed by atoms with Crippen LogP contribution in [-0.2, 0) is 0 Å². The molecule has 2 N–H and O–H groups in total. The van der Waals surface area contributed by atoms with E-state index in [1.165, 1.54) is 0 Å². The first-order chi connectivity index (χ1) is 8.77. The predicted octanol–water partition coefficient (Wildman–Crippen LogP) is 0.989. The van der Waals surface area contributed by atoms with E-state index in [-0.39, 0.29) is 0 Å². The average Bonchev–Trinajstić information content (AvgIpc) is 2.83. The molecule has 1 fully saturated rings. The number of hydrogen-bond acceptors (Lipinski definition) is 5. The van der Waals surface area contributed by atoms with E-state index in [0.29, 0.717) is 12.5 Å². The van der Waals surface area contributed by atoms with Gasteiger partial charge in [0.25, 0.3) is 0 Å². The highest BCUT2D eigenvalue weighted by molar-refractivity contribution is 5.38. The Kier molecular flexibility index (Phi) is 2.71. The lowest BCUT2D eigenvalue weighted by atomic mass is 9.80. The summed E-state index contributed by atoms with van der Waals surface area (Å²) in [7, 11) is 0. The summed E-state index contributed by atoms with van der Waals surface area (Å²) in [5.74, 6) is 0.557. The fraction of sp³-hybridized carbons (Fsp3) is 0.417. The van der Waals surface area contributed by atoms with Gasteiger partial charge in [-0.2, -0.15) is 4.68 Å². The number of benzene rings is 1. The van der Waals surface area contributed by atoms with Crippen molar-refractivity contribution in [3.8, 4) is 5.69 Å². The zero-order valence-electron chi connectivity index (χ0n) is 9.95. The second-order valence-electron chi connectivity index (χ2n) is 4.68. The summed E-state index contributed by atoms with van der Waals surface area (Å²) < 4.78 is 1.63. The second-order valence-corrected chi connectivity index (χ2v) is 4.68. The average molecular weight is 245 g/mol. The van der Waals surface area contributed by atoms with Gasteiger partial charge in [-0.05, 0) is 41.8 Å². The highest BCUT2D eigenvalue weighted by Gasteiger charge is 2.34. The third-order valence-electron chi connectivity index (χ3n) is 3.33. The zero-order valence-corrected chi connectivity index (χ0v) is 9.95. The summed E-state index contributed by atoms with van der Waals surface area (Å²) in [5.41, 5.74) is 0.304. The van der Waals surface area contributed by atoms with Gasteiger partial charge in [-0.15, -0.1) is 0 Å². The Morgan fingerprint density at radius 1 is 1.28 bits per heavy atom. The van der Waals surface area contributed by atoms with Crippen molar-refractivity contribution in [2.24, 2.45) is 0 Å². The molecule has 1 saturated carbocycles. The number of hydrogen-bond donors (Lipinski definition) is 2. The number of nitrogens with one attached hydrogen (secondary N) is 1. The molecule has 0 atom stereocenters. The van der Waals surface area contributed by atoms with Crippen LogP contribution in [0.4, 0.5) is 5.95 Å². The molecule has 0 spiro atoms. The van der Waals surface area contributed by atoms with Crippen LogP contribution in [0.3, 0.4) is 0 Å². The SMILES string of the molecule is OC1(CNc2nnnn2-c2ccccc2)CCC1. The molecule has 1 heterocycles. The smallest absolute Gasteiger partial charge is 0.247 e. The first kappa shape index (κ1) is 11.2. The lowest BCUT2D eigenvalue weighted by molar-refractivity contribution is -0.0203. The Bertz CT molecular complexity index is 520. The monoisotopic (exact) mass is 245 g/mol. The molecule has 1 aliphatic rings. The summed E-state index contributed by atoms with van der Waals surface area (Å²) in [6.45, 7) is 0.486. The van der Waals surface area contributed by atoms with Crippen molar-refractivity contribution in [1.29, 1.82) is 0 Å². The Morgan fingerprint density at radius 3 is 2.72 bits per heavy atom. The quantitative estimate of drug-likeness (QED) is 0.840. The number of rotatable bonds is 4. The fourth-order valence-corrected chi connectivity index (χ4v) is 2.05. The zero-order chi connectivity index (χ0) is 12.4. The molecule has 6 nitrogen and oxygen atoms in total. The molecule has 0 aliphatic heterocycles. The van der Waals surface area contributed by atoms with Crippen molar-refractivity contribution >= 4 is 5.95 Å². The van der Waals surface area contributed by atoms with Crippen molar-refractivity contribution in [3.63, 3.8) is 0 Å². The summed E-state index contributed by atoms with van der Waals surface area (Å²) in [5, 5.41) is 24.7. The minimum atomic E-state index is -0.590. The van der Waals surface area contributed by atoms with Crippen molar-refractivity contribution < 1.29 is 5.11 Å². The molecule has 6 heteroatoms. The van der Waals surface area contributed by atoms with Crippen molar-refractivity contribution in [2.45, 2.75) is 24.9 Å². The molecule has 94 valence electrons. The van der Waals surface area contributed by atoms with Crippen LogP contribution in [0.2, 0.25) is 0 Å². The van der Waals surface area contributed by atoms with Crippen LogP contribution in [0.1, 0.15) is 19.3 Å². The van der Waals surface area contributed by atoms with Gasteiger partial charge in [0.05, 0.1) is 11.3 Å². The Balaban J connectivity index is 1.75. The van der Waals surface area contributed by atoms with E-state index < -0.39 is 5.60 Å². The topological polar surface area (TPSA) is 75.9 Å². The summed E-state index contributed by atoms with van der Waals surface area (Å²) >= 11 is 0. The molecule has 0 saturated heterocycles. The van der Waals surface area contributed by atoms with Crippen LogP contribution in [0.5, 0.6) is 0 Å². The number of aromatic nitrogens is 4. The normalized spacial score (nSPS) is 17.2. The third kappa shape index (κ3) is 2.06. The molecule has 18 heavy (non-hydrogen) atoms. The molecule has 1 aliphatic carbocycles. The van der Waals surface area contributed by atoms with Gasteiger partial charge in [-0.1, -0.05) is 23.3 Å². The van der Waals surface area contributed by atoms with Gasteiger partial charge in [0, 0.05) is 6.54 Å². The van der Waals surface area contributed by atoms with E-state index in [2.05, 4.69) is 20.8 Å². The van der Waals surface area contributed by atoms with Crippen LogP contribution in [0.15, 0.2) is 30.3 Å². The Morgan fingerprint density at radius 2 is 2.06 bits per heavy atom.